The first-order chi connectivity index (χ1) is 6.96. The van der Waals surface area contributed by atoms with Crippen molar-refractivity contribution in [2.45, 2.75) is 37.8 Å². The highest BCUT2D eigenvalue weighted by molar-refractivity contribution is 7.90. The average Bonchev–Trinajstić information content (AvgIpc) is 2.33. The van der Waals surface area contributed by atoms with Gasteiger partial charge >= 0.3 is 0 Å². The number of carbonyl (C=O) groups excluding carboxylic acids is 1. The summed E-state index contributed by atoms with van der Waals surface area (Å²) < 4.78 is 22.2. The summed E-state index contributed by atoms with van der Waals surface area (Å²) in [5.74, 6) is 0.562. The van der Waals surface area contributed by atoms with E-state index in [1.807, 2.05) is 0 Å². The molecule has 2 unspecified atom stereocenters. The van der Waals surface area contributed by atoms with Gasteiger partial charge in [-0.25, -0.2) is 8.42 Å². The van der Waals surface area contributed by atoms with Crippen LogP contribution >= 0.6 is 0 Å². The first-order valence-electron chi connectivity index (χ1n) is 5.41. The van der Waals surface area contributed by atoms with Crippen LogP contribution in [0.1, 0.15) is 25.7 Å². The number of carbonyl (C=O) groups is 1. The fourth-order valence-electron chi connectivity index (χ4n) is 2.70. The van der Waals surface area contributed by atoms with Crippen molar-refractivity contribution in [3.63, 3.8) is 0 Å². The molecule has 0 radical (unpaired) electrons. The Labute approximate surface area is 90.6 Å². The van der Waals surface area contributed by atoms with Gasteiger partial charge < -0.3 is 0 Å². The van der Waals surface area contributed by atoms with Crippen LogP contribution in [0.25, 0.3) is 0 Å². The standard InChI is InChI=1S/C10H17NO3S/c1-15(13,14)5-4-11-8-2-3-9(11)7-10(12)6-8/h8-9H,2-7H2,1H3. The molecular formula is C10H17NO3S. The van der Waals surface area contributed by atoms with Gasteiger partial charge in [-0.1, -0.05) is 0 Å². The molecule has 0 aromatic carbocycles. The molecule has 4 nitrogen and oxygen atoms in total. The van der Waals surface area contributed by atoms with Gasteiger partial charge in [-0.15, -0.1) is 0 Å². The molecule has 2 fully saturated rings. The quantitative estimate of drug-likeness (QED) is 0.697. The summed E-state index contributed by atoms with van der Waals surface area (Å²) in [6, 6.07) is 0.635. The number of nitrogens with zero attached hydrogens (tertiary/aromatic N) is 1. The number of fused-ring (bicyclic) bond motifs is 2. The third kappa shape index (κ3) is 2.58. The van der Waals surface area contributed by atoms with Crippen molar-refractivity contribution < 1.29 is 13.2 Å². The lowest BCUT2D eigenvalue weighted by Crippen LogP contribution is -2.45. The molecule has 2 atom stereocenters. The van der Waals surface area contributed by atoms with E-state index < -0.39 is 9.84 Å². The minimum Gasteiger partial charge on any atom is -0.300 e. The van der Waals surface area contributed by atoms with Gasteiger partial charge in [-0.2, -0.15) is 0 Å². The van der Waals surface area contributed by atoms with Crippen molar-refractivity contribution in [1.29, 1.82) is 0 Å². The molecule has 15 heavy (non-hydrogen) atoms. The van der Waals surface area contributed by atoms with Gasteiger partial charge in [0.25, 0.3) is 0 Å². The van der Waals surface area contributed by atoms with E-state index >= 15 is 0 Å². The van der Waals surface area contributed by atoms with Crippen LogP contribution in [0.15, 0.2) is 0 Å². The number of ketones is 1. The van der Waals surface area contributed by atoms with E-state index in [0.717, 1.165) is 12.8 Å². The van der Waals surface area contributed by atoms with E-state index in [0.29, 0.717) is 37.3 Å². The molecule has 0 aromatic rings. The van der Waals surface area contributed by atoms with Gasteiger partial charge in [0.05, 0.1) is 5.75 Å². The van der Waals surface area contributed by atoms with Crippen LogP contribution in [-0.4, -0.2) is 49.7 Å². The predicted molar refractivity (Wildman–Crippen MR) is 57.5 cm³/mol. The number of rotatable bonds is 3. The normalized spacial score (nSPS) is 32.2. The Morgan fingerprint density at radius 1 is 1.27 bits per heavy atom. The zero-order valence-electron chi connectivity index (χ0n) is 8.98. The molecule has 0 saturated carbocycles. The van der Waals surface area contributed by atoms with Crippen molar-refractivity contribution in [2.24, 2.45) is 0 Å². The van der Waals surface area contributed by atoms with E-state index in [9.17, 15) is 13.2 Å². The Bertz CT molecular complexity index is 347. The van der Waals surface area contributed by atoms with Crippen LogP contribution in [0.3, 0.4) is 0 Å². The van der Waals surface area contributed by atoms with Crippen molar-refractivity contribution in [1.82, 2.24) is 4.90 Å². The summed E-state index contributed by atoms with van der Waals surface area (Å²) in [5, 5.41) is 0. The van der Waals surface area contributed by atoms with E-state index in [1.165, 1.54) is 6.26 Å². The SMILES string of the molecule is CS(=O)(=O)CCN1C2CCC1CC(=O)C2. The first-order valence-corrected chi connectivity index (χ1v) is 7.47. The zero-order valence-corrected chi connectivity index (χ0v) is 9.79. The Hall–Kier alpha value is -0.420. The third-order valence-electron chi connectivity index (χ3n) is 3.42. The fraction of sp³-hybridized carbons (Fsp3) is 0.900. The summed E-state index contributed by atoms with van der Waals surface area (Å²) in [5.41, 5.74) is 0. The molecular weight excluding hydrogens is 214 g/mol. The third-order valence-corrected chi connectivity index (χ3v) is 4.34. The second-order valence-electron chi connectivity index (χ2n) is 4.70. The summed E-state index contributed by atoms with van der Waals surface area (Å²) in [7, 11) is -2.88. The molecule has 2 saturated heterocycles. The lowest BCUT2D eigenvalue weighted by Gasteiger charge is -2.33. The second kappa shape index (κ2) is 3.87. The maximum atomic E-state index is 11.3. The molecule has 2 aliphatic heterocycles. The van der Waals surface area contributed by atoms with Gasteiger partial charge in [0.15, 0.2) is 0 Å². The molecule has 0 aliphatic carbocycles. The van der Waals surface area contributed by atoms with Crippen LogP contribution in [0, 0.1) is 0 Å². The number of sulfone groups is 1. The average molecular weight is 231 g/mol. The molecule has 0 spiro atoms. The molecule has 0 amide bonds. The van der Waals surface area contributed by atoms with E-state index in [4.69, 9.17) is 0 Å². The van der Waals surface area contributed by atoms with Crippen molar-refractivity contribution in [3.05, 3.63) is 0 Å². The molecule has 2 rings (SSSR count). The topological polar surface area (TPSA) is 54.5 Å². The number of hydrogen-bond acceptors (Lipinski definition) is 4. The lowest BCUT2D eigenvalue weighted by molar-refractivity contribution is -0.123. The van der Waals surface area contributed by atoms with Gasteiger partial charge in [0, 0.05) is 37.7 Å². The van der Waals surface area contributed by atoms with Gasteiger partial charge in [-0.3, -0.25) is 9.69 Å². The van der Waals surface area contributed by atoms with Gasteiger partial charge in [0.1, 0.15) is 15.6 Å². The molecule has 0 N–H and O–H groups in total. The number of Topliss-reactive ketones (excluding diaryl/α,β-unsaturated/α-hetero) is 1. The Morgan fingerprint density at radius 2 is 1.80 bits per heavy atom. The van der Waals surface area contributed by atoms with Crippen LogP contribution in [0.5, 0.6) is 0 Å². The maximum Gasteiger partial charge on any atom is 0.148 e. The van der Waals surface area contributed by atoms with Crippen LogP contribution < -0.4 is 0 Å². The summed E-state index contributed by atoms with van der Waals surface area (Å²) in [4.78, 5) is 13.6. The van der Waals surface area contributed by atoms with Crippen molar-refractivity contribution in [3.8, 4) is 0 Å². The molecule has 5 heteroatoms. The predicted octanol–water partition coefficient (Wildman–Crippen LogP) is 0.227. The zero-order chi connectivity index (χ0) is 11.1. The highest BCUT2D eigenvalue weighted by atomic mass is 32.2. The summed E-state index contributed by atoms with van der Waals surface area (Å²) >= 11 is 0. The van der Waals surface area contributed by atoms with Crippen LogP contribution in [0.4, 0.5) is 0 Å². The minimum atomic E-state index is -2.88. The fourth-order valence-corrected chi connectivity index (χ4v) is 3.24. The Balaban J connectivity index is 1.97. The van der Waals surface area contributed by atoms with Crippen LogP contribution in [-0.2, 0) is 14.6 Å². The van der Waals surface area contributed by atoms with E-state index in [1.54, 1.807) is 0 Å². The van der Waals surface area contributed by atoms with Gasteiger partial charge in [0.2, 0.25) is 0 Å². The summed E-state index contributed by atoms with van der Waals surface area (Å²) in [6.07, 6.45) is 4.63. The lowest BCUT2D eigenvalue weighted by atomic mass is 10.0. The van der Waals surface area contributed by atoms with E-state index in [2.05, 4.69) is 4.90 Å². The Morgan fingerprint density at radius 3 is 2.27 bits per heavy atom. The van der Waals surface area contributed by atoms with Crippen molar-refractivity contribution >= 4 is 15.6 Å². The highest BCUT2D eigenvalue weighted by Gasteiger charge is 2.39. The smallest absolute Gasteiger partial charge is 0.148 e. The van der Waals surface area contributed by atoms with Crippen LogP contribution in [0.2, 0.25) is 0 Å². The monoisotopic (exact) mass is 231 g/mol. The second-order valence-corrected chi connectivity index (χ2v) is 6.96. The number of piperidine rings is 1. The summed E-state index contributed by atoms with van der Waals surface area (Å²) in [6.45, 7) is 0.599. The minimum absolute atomic E-state index is 0.216. The molecule has 0 aromatic heterocycles. The first kappa shape index (κ1) is 11.1. The van der Waals surface area contributed by atoms with Crippen molar-refractivity contribution in [2.75, 3.05) is 18.6 Å². The highest BCUT2D eigenvalue weighted by Crippen LogP contribution is 2.33. The van der Waals surface area contributed by atoms with Gasteiger partial charge in [-0.05, 0) is 12.8 Å². The molecule has 2 heterocycles. The Kier molecular flexibility index (Phi) is 2.85. The largest absolute Gasteiger partial charge is 0.300 e. The maximum absolute atomic E-state index is 11.3. The molecule has 86 valence electrons. The molecule has 2 bridgehead atoms. The molecule has 2 aliphatic rings. The number of hydrogen-bond donors (Lipinski definition) is 0. The van der Waals surface area contributed by atoms with E-state index in [-0.39, 0.29) is 5.75 Å².